The molecule has 1 aliphatic heterocycles. The lowest BCUT2D eigenvalue weighted by Gasteiger charge is -2.48. The summed E-state index contributed by atoms with van der Waals surface area (Å²) in [5, 5.41) is 1.29. The molecule has 1 unspecified atom stereocenters. The molecular weight excluding hydrogens is 424 g/mol. The predicted octanol–water partition coefficient (Wildman–Crippen LogP) is 5.38. The van der Waals surface area contributed by atoms with E-state index in [2.05, 4.69) is 64.2 Å². The Hall–Kier alpha value is -1.12. The largest absolute Gasteiger partial charge is 0.413 e. The molecule has 2 heterocycles. The van der Waals surface area contributed by atoms with Gasteiger partial charge >= 0.3 is 0 Å². The number of ether oxygens (including phenoxy) is 1. The van der Waals surface area contributed by atoms with Crippen molar-refractivity contribution in [1.29, 1.82) is 0 Å². The van der Waals surface area contributed by atoms with Crippen LogP contribution in [-0.2, 0) is 32.3 Å². The molecule has 1 aromatic heterocycles. The highest BCUT2D eigenvalue weighted by atomic mass is 32.2. The quantitative estimate of drug-likeness (QED) is 0.541. The van der Waals surface area contributed by atoms with Gasteiger partial charge in [-0.15, -0.1) is 0 Å². The fraction of sp³-hybridized carbons (Fsp3) is 0.625. The Balaban J connectivity index is 1.85. The van der Waals surface area contributed by atoms with E-state index in [0.717, 1.165) is 16.6 Å². The lowest BCUT2D eigenvalue weighted by Crippen LogP contribution is -2.60. The van der Waals surface area contributed by atoms with Crippen molar-refractivity contribution < 1.29 is 13.4 Å². The molecule has 0 saturated carbocycles. The molecular formula is C24H38N2O3SSi. The van der Waals surface area contributed by atoms with Crippen LogP contribution in [0.15, 0.2) is 30.3 Å². The van der Waals surface area contributed by atoms with Crippen molar-refractivity contribution >= 4 is 30.2 Å². The fourth-order valence-corrected chi connectivity index (χ4v) is 5.66. The summed E-state index contributed by atoms with van der Waals surface area (Å²) in [7, 11) is -1.03. The molecule has 172 valence electrons. The van der Waals surface area contributed by atoms with Crippen molar-refractivity contribution in [2.45, 2.75) is 76.6 Å². The van der Waals surface area contributed by atoms with Crippen LogP contribution in [0.4, 0.5) is 0 Å². The van der Waals surface area contributed by atoms with Gasteiger partial charge in [-0.1, -0.05) is 32.9 Å². The smallest absolute Gasteiger partial charge is 0.192 e. The summed E-state index contributed by atoms with van der Waals surface area (Å²) in [6, 6.07) is 10.5. The molecule has 1 atom stereocenters. The Labute approximate surface area is 191 Å². The lowest BCUT2D eigenvalue weighted by molar-refractivity contribution is -0.111. The number of rotatable bonds is 6. The van der Waals surface area contributed by atoms with Crippen LogP contribution in [0.2, 0.25) is 18.1 Å². The molecule has 31 heavy (non-hydrogen) atoms. The van der Waals surface area contributed by atoms with Gasteiger partial charge in [-0.25, -0.2) is 8.51 Å². The maximum absolute atomic E-state index is 13.1. The average Bonchev–Trinajstić information content (AvgIpc) is 2.63. The third kappa shape index (κ3) is 4.81. The molecule has 1 aliphatic rings. The Morgan fingerprint density at radius 1 is 1.13 bits per heavy atom. The van der Waals surface area contributed by atoms with Gasteiger partial charge in [0.2, 0.25) is 0 Å². The van der Waals surface area contributed by atoms with Gasteiger partial charge in [0, 0.05) is 12.4 Å². The zero-order valence-corrected chi connectivity index (χ0v) is 22.4. The van der Waals surface area contributed by atoms with E-state index in [1.54, 1.807) is 0 Å². The summed E-state index contributed by atoms with van der Waals surface area (Å²) in [5.41, 5.74) is 2.57. The maximum atomic E-state index is 13.1. The molecule has 2 aromatic rings. The Morgan fingerprint density at radius 3 is 2.29 bits per heavy atom. The number of nitrogens with zero attached hydrogens (tertiary/aromatic N) is 2. The minimum Gasteiger partial charge on any atom is -0.413 e. The molecule has 0 N–H and O–H groups in total. The van der Waals surface area contributed by atoms with E-state index in [1.165, 1.54) is 5.56 Å². The fourth-order valence-electron chi connectivity index (χ4n) is 3.36. The van der Waals surface area contributed by atoms with E-state index in [-0.39, 0.29) is 9.79 Å². The summed E-state index contributed by atoms with van der Waals surface area (Å²) < 4.78 is 26.6. The van der Waals surface area contributed by atoms with Gasteiger partial charge in [-0.3, -0.25) is 4.98 Å². The van der Waals surface area contributed by atoms with Gasteiger partial charge in [0.05, 0.1) is 35.8 Å². The van der Waals surface area contributed by atoms with Crippen LogP contribution in [0.1, 0.15) is 52.8 Å². The van der Waals surface area contributed by atoms with Crippen LogP contribution in [0, 0.1) is 0 Å². The first-order valence-electron chi connectivity index (χ1n) is 11.0. The van der Waals surface area contributed by atoms with Gasteiger partial charge in [0.15, 0.2) is 8.32 Å². The van der Waals surface area contributed by atoms with Crippen LogP contribution in [0.3, 0.4) is 0 Å². The van der Waals surface area contributed by atoms with E-state index in [1.807, 2.05) is 32.1 Å². The summed E-state index contributed by atoms with van der Waals surface area (Å²) in [6.07, 6.45) is 0. The Bertz CT molecular complexity index is 975. The summed E-state index contributed by atoms with van der Waals surface area (Å²) in [6.45, 7) is 18.9. The number of pyridine rings is 1. The summed E-state index contributed by atoms with van der Waals surface area (Å²) >= 11 is 0. The molecule has 0 amide bonds. The lowest BCUT2D eigenvalue weighted by atomic mass is 9.92. The zero-order chi connectivity index (χ0) is 23.2. The molecule has 7 heteroatoms. The third-order valence-electron chi connectivity index (χ3n) is 6.69. The highest BCUT2D eigenvalue weighted by molar-refractivity contribution is 7.84. The normalized spacial score (nSPS) is 18.3. The second-order valence-corrected chi connectivity index (χ2v) is 18.2. The number of aromatic nitrogens is 1. The molecule has 1 aromatic carbocycles. The molecule has 0 radical (unpaired) electrons. The number of benzene rings is 1. The van der Waals surface area contributed by atoms with E-state index >= 15 is 0 Å². The number of hydrogen-bond acceptors (Lipinski definition) is 4. The Morgan fingerprint density at radius 2 is 1.77 bits per heavy atom. The average molecular weight is 463 g/mol. The van der Waals surface area contributed by atoms with Gasteiger partial charge in [0.25, 0.3) is 0 Å². The van der Waals surface area contributed by atoms with Crippen LogP contribution < -0.4 is 0 Å². The maximum Gasteiger partial charge on any atom is 0.192 e. The molecule has 0 aliphatic carbocycles. The van der Waals surface area contributed by atoms with Crippen LogP contribution in [-0.4, -0.2) is 46.8 Å². The van der Waals surface area contributed by atoms with Crippen molar-refractivity contribution in [3.05, 3.63) is 41.6 Å². The predicted molar refractivity (Wildman–Crippen MR) is 132 cm³/mol. The van der Waals surface area contributed by atoms with E-state index < -0.39 is 24.8 Å². The minimum absolute atomic E-state index is 0.193. The van der Waals surface area contributed by atoms with Gasteiger partial charge < -0.3 is 9.16 Å². The standard InChI is InChI=1S/C24H38N2O3SSi/c1-22(2,3)30(27)26(7)24(16-28-17-24)21-13-11-19-14-18(10-12-20(19)25-21)15-29-31(8,9)23(4,5)6/h10-14H,15-17H2,1-9H3. The molecule has 0 spiro atoms. The van der Waals surface area contributed by atoms with Crippen molar-refractivity contribution in [2.24, 2.45) is 0 Å². The number of likely N-dealkylation sites (N-methyl/N-ethyl adjacent to an activating group) is 1. The molecule has 0 bridgehead atoms. The first-order valence-corrected chi connectivity index (χ1v) is 15.0. The van der Waals surface area contributed by atoms with Crippen molar-refractivity contribution in [2.75, 3.05) is 20.3 Å². The van der Waals surface area contributed by atoms with Crippen molar-refractivity contribution in [3.8, 4) is 0 Å². The van der Waals surface area contributed by atoms with Crippen molar-refractivity contribution in [1.82, 2.24) is 9.29 Å². The van der Waals surface area contributed by atoms with Gasteiger partial charge in [-0.2, -0.15) is 0 Å². The van der Waals surface area contributed by atoms with Crippen LogP contribution >= 0.6 is 0 Å². The minimum atomic E-state index is -1.79. The number of fused-ring (bicyclic) bond motifs is 1. The van der Waals surface area contributed by atoms with Crippen LogP contribution in [0.25, 0.3) is 10.9 Å². The van der Waals surface area contributed by atoms with Gasteiger partial charge in [-0.05, 0) is 62.7 Å². The first kappa shape index (κ1) is 24.5. The Kier molecular flexibility index (Phi) is 6.59. The van der Waals surface area contributed by atoms with Gasteiger partial charge in [0.1, 0.15) is 16.5 Å². The highest BCUT2D eigenvalue weighted by Crippen LogP contribution is 2.39. The highest BCUT2D eigenvalue weighted by Gasteiger charge is 2.49. The molecule has 1 saturated heterocycles. The topological polar surface area (TPSA) is 51.7 Å². The molecule has 5 nitrogen and oxygen atoms in total. The SMILES string of the molecule is CN(S(=O)C(C)(C)C)C1(c2ccc3cc(CO[Si](C)(C)C(C)(C)C)ccc3n2)COC1. The molecule has 1 fully saturated rings. The van der Waals surface area contributed by atoms with E-state index in [0.29, 0.717) is 19.8 Å². The van der Waals surface area contributed by atoms with Crippen molar-refractivity contribution in [3.63, 3.8) is 0 Å². The second kappa shape index (κ2) is 8.34. The third-order valence-corrected chi connectivity index (χ3v) is 13.1. The summed E-state index contributed by atoms with van der Waals surface area (Å²) in [5.74, 6) is 0. The van der Waals surface area contributed by atoms with E-state index in [4.69, 9.17) is 14.1 Å². The monoisotopic (exact) mass is 462 g/mol. The first-order chi connectivity index (χ1) is 14.2. The summed E-state index contributed by atoms with van der Waals surface area (Å²) in [4.78, 5) is 4.96. The van der Waals surface area contributed by atoms with Crippen LogP contribution in [0.5, 0.6) is 0 Å². The van der Waals surface area contributed by atoms with E-state index in [9.17, 15) is 4.21 Å². The zero-order valence-electron chi connectivity index (χ0n) is 20.5. The number of hydrogen-bond donors (Lipinski definition) is 0. The second-order valence-electron chi connectivity index (χ2n) is 11.2. The molecule has 3 rings (SSSR count).